The maximum absolute atomic E-state index is 12.9. The molecule has 0 saturated carbocycles. The Hall–Kier alpha value is -0.150. The number of nitrogen functional groups attached to an aromatic ring is 1. The number of hydrogen-bond acceptors (Lipinski definition) is 4. The zero-order valence-electron chi connectivity index (χ0n) is 11.4. The molecule has 1 unspecified atom stereocenters. The Bertz CT molecular complexity index is 599. The van der Waals surface area contributed by atoms with Gasteiger partial charge in [-0.05, 0) is 53.7 Å². The fourth-order valence-corrected chi connectivity index (χ4v) is 6.45. The average Bonchev–Trinajstić information content (AvgIpc) is 2.83. The predicted molar refractivity (Wildman–Crippen MR) is 89.5 cm³/mol. The van der Waals surface area contributed by atoms with Crippen molar-refractivity contribution < 1.29 is 13.5 Å². The predicted octanol–water partition coefficient (Wildman–Crippen LogP) is 2.72. The molecule has 0 aliphatic carbocycles. The molecule has 118 valence electrons. The van der Waals surface area contributed by atoms with Crippen LogP contribution >= 0.6 is 31.9 Å². The standard InChI is InChI=1S/C13H18Br2N2O3S/c14-9-7-11(15)13(12(16)8-9)21(19,20)17-5-1-3-10(17)4-2-6-18/h7-8,10,18H,1-6,16H2. The first kappa shape index (κ1) is 17.2. The van der Waals surface area contributed by atoms with Gasteiger partial charge in [-0.1, -0.05) is 15.9 Å². The Kier molecular flexibility index (Phi) is 5.70. The molecule has 1 aliphatic rings. The largest absolute Gasteiger partial charge is 0.398 e. The number of rotatable bonds is 5. The molecule has 2 rings (SSSR count). The topological polar surface area (TPSA) is 83.6 Å². The van der Waals surface area contributed by atoms with Gasteiger partial charge >= 0.3 is 0 Å². The molecule has 8 heteroatoms. The number of benzene rings is 1. The molecule has 3 N–H and O–H groups in total. The smallest absolute Gasteiger partial charge is 0.246 e. The minimum absolute atomic E-state index is 0.0582. The van der Waals surface area contributed by atoms with Gasteiger partial charge < -0.3 is 10.8 Å². The van der Waals surface area contributed by atoms with E-state index in [2.05, 4.69) is 31.9 Å². The molecule has 1 aromatic rings. The van der Waals surface area contributed by atoms with E-state index >= 15 is 0 Å². The van der Waals surface area contributed by atoms with Gasteiger partial charge in [0.2, 0.25) is 10.0 Å². The van der Waals surface area contributed by atoms with Crippen molar-refractivity contribution in [2.75, 3.05) is 18.9 Å². The SMILES string of the molecule is Nc1cc(Br)cc(Br)c1S(=O)(=O)N1CCCC1CCCO. The Labute approximate surface area is 141 Å². The van der Waals surface area contributed by atoms with Crippen molar-refractivity contribution in [2.45, 2.75) is 36.6 Å². The monoisotopic (exact) mass is 440 g/mol. The van der Waals surface area contributed by atoms with Crippen molar-refractivity contribution in [1.29, 1.82) is 0 Å². The molecule has 1 heterocycles. The zero-order chi connectivity index (χ0) is 15.6. The van der Waals surface area contributed by atoms with E-state index < -0.39 is 10.0 Å². The second-order valence-electron chi connectivity index (χ2n) is 5.08. The Morgan fingerprint density at radius 2 is 2.10 bits per heavy atom. The first-order valence-corrected chi connectivity index (χ1v) is 9.77. The highest BCUT2D eigenvalue weighted by Gasteiger charge is 2.37. The molecular formula is C13H18Br2N2O3S. The number of sulfonamides is 1. The van der Waals surface area contributed by atoms with Crippen LogP contribution in [0.2, 0.25) is 0 Å². The minimum atomic E-state index is -3.64. The van der Waals surface area contributed by atoms with Gasteiger partial charge in [-0.15, -0.1) is 0 Å². The summed E-state index contributed by atoms with van der Waals surface area (Å²) in [5.74, 6) is 0. The van der Waals surface area contributed by atoms with Gasteiger partial charge in [0.1, 0.15) is 4.90 Å². The number of aliphatic hydroxyl groups is 1. The molecule has 0 bridgehead atoms. The second kappa shape index (κ2) is 6.95. The molecule has 21 heavy (non-hydrogen) atoms. The Balaban J connectivity index is 2.38. The molecule has 0 aromatic heterocycles. The highest BCUT2D eigenvalue weighted by molar-refractivity contribution is 9.11. The molecule has 0 amide bonds. The second-order valence-corrected chi connectivity index (χ2v) is 8.68. The van der Waals surface area contributed by atoms with Gasteiger partial charge in [0.25, 0.3) is 0 Å². The summed E-state index contributed by atoms with van der Waals surface area (Å²) in [4.78, 5) is 0.126. The third-order valence-corrected chi connectivity index (χ3v) is 7.04. The van der Waals surface area contributed by atoms with Crippen LogP contribution in [0.25, 0.3) is 0 Å². The summed E-state index contributed by atoms with van der Waals surface area (Å²) in [6, 6.07) is 3.22. The molecule has 0 spiro atoms. The van der Waals surface area contributed by atoms with Gasteiger partial charge in [-0.2, -0.15) is 4.31 Å². The fourth-order valence-electron chi connectivity index (χ4n) is 2.71. The number of anilines is 1. The van der Waals surface area contributed by atoms with E-state index in [4.69, 9.17) is 10.8 Å². The van der Waals surface area contributed by atoms with E-state index in [1.165, 1.54) is 4.31 Å². The average molecular weight is 442 g/mol. The van der Waals surface area contributed by atoms with Crippen LogP contribution in [0.5, 0.6) is 0 Å². The van der Waals surface area contributed by atoms with Crippen molar-refractivity contribution in [1.82, 2.24) is 4.31 Å². The Morgan fingerprint density at radius 1 is 1.38 bits per heavy atom. The van der Waals surface area contributed by atoms with Gasteiger partial charge in [-0.3, -0.25) is 0 Å². The first-order valence-electron chi connectivity index (χ1n) is 6.75. The fraction of sp³-hybridized carbons (Fsp3) is 0.538. The summed E-state index contributed by atoms with van der Waals surface area (Å²) in [6.45, 7) is 0.578. The first-order chi connectivity index (χ1) is 9.87. The highest BCUT2D eigenvalue weighted by atomic mass is 79.9. The van der Waals surface area contributed by atoms with E-state index in [1.807, 2.05) is 0 Å². The van der Waals surface area contributed by atoms with Gasteiger partial charge in [0.05, 0.1) is 5.69 Å². The highest BCUT2D eigenvalue weighted by Crippen LogP contribution is 2.36. The quantitative estimate of drug-likeness (QED) is 0.688. The third-order valence-electron chi connectivity index (χ3n) is 3.62. The molecule has 1 aromatic carbocycles. The lowest BCUT2D eigenvalue weighted by Crippen LogP contribution is -2.36. The van der Waals surface area contributed by atoms with Gasteiger partial charge in [0.15, 0.2) is 0 Å². The Morgan fingerprint density at radius 3 is 2.71 bits per heavy atom. The van der Waals surface area contributed by atoms with Crippen molar-refractivity contribution in [3.63, 3.8) is 0 Å². The maximum Gasteiger partial charge on any atom is 0.246 e. The van der Waals surface area contributed by atoms with E-state index in [-0.39, 0.29) is 23.2 Å². The van der Waals surface area contributed by atoms with Crippen LogP contribution in [0.1, 0.15) is 25.7 Å². The van der Waals surface area contributed by atoms with E-state index in [9.17, 15) is 8.42 Å². The minimum Gasteiger partial charge on any atom is -0.398 e. The molecule has 0 radical (unpaired) electrons. The number of aliphatic hydroxyl groups excluding tert-OH is 1. The van der Waals surface area contributed by atoms with Crippen LogP contribution in [0.3, 0.4) is 0 Å². The summed E-state index contributed by atoms with van der Waals surface area (Å²) in [7, 11) is -3.64. The molecule has 1 fully saturated rings. The van der Waals surface area contributed by atoms with Crippen LogP contribution < -0.4 is 5.73 Å². The molecule has 5 nitrogen and oxygen atoms in total. The van der Waals surface area contributed by atoms with Gasteiger partial charge in [0, 0.05) is 28.1 Å². The van der Waals surface area contributed by atoms with Crippen LogP contribution in [0.15, 0.2) is 26.0 Å². The van der Waals surface area contributed by atoms with Crippen LogP contribution in [0.4, 0.5) is 5.69 Å². The number of hydrogen-bond donors (Lipinski definition) is 2. The van der Waals surface area contributed by atoms with E-state index in [0.717, 1.165) is 17.3 Å². The third kappa shape index (κ3) is 3.61. The lowest BCUT2D eigenvalue weighted by molar-refractivity contribution is 0.264. The molecular weight excluding hydrogens is 424 g/mol. The van der Waals surface area contributed by atoms with Crippen LogP contribution in [0, 0.1) is 0 Å². The molecule has 1 atom stereocenters. The maximum atomic E-state index is 12.9. The normalized spacial score (nSPS) is 20.0. The van der Waals surface area contributed by atoms with E-state index in [1.54, 1.807) is 12.1 Å². The van der Waals surface area contributed by atoms with Crippen LogP contribution in [-0.4, -0.2) is 37.0 Å². The zero-order valence-corrected chi connectivity index (χ0v) is 15.4. The van der Waals surface area contributed by atoms with Crippen molar-refractivity contribution >= 4 is 47.6 Å². The van der Waals surface area contributed by atoms with Crippen LogP contribution in [-0.2, 0) is 10.0 Å². The number of nitrogens with zero attached hydrogens (tertiary/aromatic N) is 1. The number of nitrogens with two attached hydrogens (primary N) is 1. The lowest BCUT2D eigenvalue weighted by Gasteiger charge is -2.25. The van der Waals surface area contributed by atoms with Crippen molar-refractivity contribution in [2.24, 2.45) is 0 Å². The summed E-state index contributed by atoms with van der Waals surface area (Å²) < 4.78 is 28.5. The lowest BCUT2D eigenvalue weighted by atomic mass is 10.1. The van der Waals surface area contributed by atoms with Gasteiger partial charge in [-0.25, -0.2) is 8.42 Å². The van der Waals surface area contributed by atoms with E-state index in [0.29, 0.717) is 23.9 Å². The molecule has 1 aliphatic heterocycles. The summed E-state index contributed by atoms with van der Waals surface area (Å²) in [5, 5.41) is 8.95. The summed E-state index contributed by atoms with van der Waals surface area (Å²) >= 11 is 6.59. The number of halogens is 2. The summed E-state index contributed by atoms with van der Waals surface area (Å²) in [6.07, 6.45) is 2.94. The van der Waals surface area contributed by atoms with Crippen molar-refractivity contribution in [3.05, 3.63) is 21.1 Å². The summed E-state index contributed by atoms with van der Waals surface area (Å²) in [5.41, 5.74) is 6.14. The molecule has 1 saturated heterocycles. The van der Waals surface area contributed by atoms with Crippen molar-refractivity contribution in [3.8, 4) is 0 Å².